The van der Waals surface area contributed by atoms with Crippen molar-refractivity contribution in [1.29, 1.82) is 0 Å². The van der Waals surface area contributed by atoms with E-state index >= 15 is 0 Å². The summed E-state index contributed by atoms with van der Waals surface area (Å²) in [6, 6.07) is 0. The van der Waals surface area contributed by atoms with E-state index in [4.69, 9.17) is 0 Å². The number of aryl methyl sites for hydroxylation is 2. The van der Waals surface area contributed by atoms with Gasteiger partial charge in [-0.15, -0.1) is 11.3 Å². The fourth-order valence-corrected chi connectivity index (χ4v) is 5.88. The zero-order valence-electron chi connectivity index (χ0n) is 14.6. The van der Waals surface area contributed by atoms with Gasteiger partial charge in [0.25, 0.3) is 0 Å². The Balaban J connectivity index is 1.35. The van der Waals surface area contributed by atoms with E-state index in [0.717, 1.165) is 17.8 Å². The molecule has 0 spiro atoms. The van der Waals surface area contributed by atoms with Crippen molar-refractivity contribution >= 4 is 33.2 Å². The number of nitrogens with one attached hydrogen (secondary N) is 2. The van der Waals surface area contributed by atoms with Crippen molar-refractivity contribution < 1.29 is 18.0 Å². The number of rotatable bonds is 6. The molecule has 0 bridgehead atoms. The lowest BCUT2D eigenvalue weighted by Gasteiger charge is -2.14. The number of amides is 2. The molecule has 0 saturated carbocycles. The zero-order chi connectivity index (χ0) is 18.6. The number of carbonyl (C=O) groups is 2. The van der Waals surface area contributed by atoms with Crippen LogP contribution in [-0.4, -0.2) is 61.5 Å². The minimum Gasteiger partial charge on any atom is -0.347 e. The molecule has 1 saturated heterocycles. The lowest BCUT2D eigenvalue weighted by molar-refractivity contribution is -0.139. The van der Waals surface area contributed by atoms with Crippen LogP contribution in [0.25, 0.3) is 0 Å². The minimum absolute atomic E-state index is 0.130. The smallest absolute Gasteiger partial charge is 0.309 e. The van der Waals surface area contributed by atoms with Crippen LogP contribution in [0.4, 0.5) is 0 Å². The maximum absolute atomic E-state index is 11.8. The van der Waals surface area contributed by atoms with E-state index in [1.54, 1.807) is 11.3 Å². The summed E-state index contributed by atoms with van der Waals surface area (Å²) in [6.45, 7) is 1.16. The number of sulfonamides is 1. The van der Waals surface area contributed by atoms with Crippen LogP contribution in [0.1, 0.15) is 34.8 Å². The first-order valence-corrected chi connectivity index (χ1v) is 11.4. The predicted octanol–water partition coefficient (Wildman–Crippen LogP) is -0.168. The number of aromatic nitrogens is 1. The predicted molar refractivity (Wildman–Crippen MR) is 98.5 cm³/mol. The Morgan fingerprint density at radius 1 is 1.08 bits per heavy atom. The van der Waals surface area contributed by atoms with Crippen LogP contribution in [0, 0.1) is 0 Å². The molecule has 1 aliphatic heterocycles. The molecular weight excluding hydrogens is 376 g/mol. The van der Waals surface area contributed by atoms with Crippen LogP contribution in [0.2, 0.25) is 0 Å². The Hall–Kier alpha value is -1.52. The third kappa shape index (κ3) is 4.80. The van der Waals surface area contributed by atoms with E-state index in [0.29, 0.717) is 25.9 Å². The molecule has 2 aliphatic rings. The van der Waals surface area contributed by atoms with E-state index in [9.17, 15) is 18.0 Å². The first-order valence-electron chi connectivity index (χ1n) is 8.97. The molecule has 0 atom stereocenters. The van der Waals surface area contributed by atoms with E-state index in [-0.39, 0.29) is 18.8 Å². The number of hydrogen-bond donors (Lipinski definition) is 2. The molecule has 10 heteroatoms. The average molecular weight is 401 g/mol. The van der Waals surface area contributed by atoms with Gasteiger partial charge in [0.2, 0.25) is 10.0 Å². The summed E-state index contributed by atoms with van der Waals surface area (Å²) in [7, 11) is -3.18. The molecule has 3 rings (SSSR count). The van der Waals surface area contributed by atoms with Gasteiger partial charge in [-0.05, 0) is 32.1 Å². The van der Waals surface area contributed by atoms with E-state index in [2.05, 4.69) is 15.6 Å². The molecule has 2 N–H and O–H groups in total. The van der Waals surface area contributed by atoms with Crippen LogP contribution in [0.5, 0.6) is 0 Å². The van der Waals surface area contributed by atoms with Crippen molar-refractivity contribution in [3.05, 3.63) is 15.6 Å². The molecule has 2 amide bonds. The monoisotopic (exact) mass is 400 g/mol. The van der Waals surface area contributed by atoms with Crippen LogP contribution in [0.15, 0.2) is 0 Å². The summed E-state index contributed by atoms with van der Waals surface area (Å²) >= 11 is 1.70. The molecule has 1 aliphatic carbocycles. The summed E-state index contributed by atoms with van der Waals surface area (Å²) < 4.78 is 24.6. The number of thiazole rings is 1. The van der Waals surface area contributed by atoms with Crippen LogP contribution in [-0.2, 0) is 38.9 Å². The second-order valence-corrected chi connectivity index (χ2v) is 9.77. The molecule has 26 heavy (non-hydrogen) atoms. The van der Waals surface area contributed by atoms with Crippen molar-refractivity contribution in [2.24, 2.45) is 0 Å². The maximum Gasteiger partial charge on any atom is 0.309 e. The number of nitrogens with zero attached hydrogens (tertiary/aromatic N) is 2. The lowest BCUT2D eigenvalue weighted by Crippen LogP contribution is -2.43. The van der Waals surface area contributed by atoms with Gasteiger partial charge in [-0.25, -0.2) is 17.7 Å². The van der Waals surface area contributed by atoms with E-state index in [1.807, 2.05) is 0 Å². The fourth-order valence-electron chi connectivity index (χ4n) is 3.19. The van der Waals surface area contributed by atoms with Gasteiger partial charge in [0.15, 0.2) is 0 Å². The minimum atomic E-state index is -3.18. The molecule has 0 aromatic carbocycles. The first-order chi connectivity index (χ1) is 12.5. The van der Waals surface area contributed by atoms with Gasteiger partial charge in [-0.2, -0.15) is 0 Å². The fraction of sp³-hybridized carbons (Fsp3) is 0.688. The van der Waals surface area contributed by atoms with Gasteiger partial charge in [-0.3, -0.25) is 9.59 Å². The third-order valence-corrected chi connectivity index (χ3v) is 7.74. The van der Waals surface area contributed by atoms with Crippen LogP contribution < -0.4 is 10.6 Å². The van der Waals surface area contributed by atoms with Crippen molar-refractivity contribution in [2.45, 2.75) is 38.5 Å². The molecule has 8 nitrogen and oxygen atoms in total. The molecule has 144 valence electrons. The maximum atomic E-state index is 11.8. The summed E-state index contributed by atoms with van der Waals surface area (Å²) in [4.78, 5) is 29.5. The van der Waals surface area contributed by atoms with Crippen molar-refractivity contribution in [1.82, 2.24) is 19.9 Å². The molecular formula is C16H24N4O4S2. The van der Waals surface area contributed by atoms with Gasteiger partial charge in [-0.1, -0.05) is 0 Å². The Kier molecular flexibility index (Phi) is 6.25. The average Bonchev–Trinajstić information content (AvgIpc) is 3.17. The highest BCUT2D eigenvalue weighted by atomic mass is 32.2. The Labute approximate surface area is 157 Å². The van der Waals surface area contributed by atoms with Gasteiger partial charge in [0, 0.05) is 37.5 Å². The van der Waals surface area contributed by atoms with Gasteiger partial charge >= 0.3 is 11.8 Å². The van der Waals surface area contributed by atoms with Gasteiger partial charge in [0.1, 0.15) is 0 Å². The quantitative estimate of drug-likeness (QED) is 0.645. The normalized spacial score (nSPS) is 19.1. The molecule has 1 fully saturated rings. The van der Waals surface area contributed by atoms with Crippen molar-refractivity contribution in [3.8, 4) is 0 Å². The summed E-state index contributed by atoms with van der Waals surface area (Å²) in [6.07, 6.45) is 5.75. The van der Waals surface area contributed by atoms with E-state index in [1.165, 1.54) is 27.7 Å². The topological polar surface area (TPSA) is 108 Å². The largest absolute Gasteiger partial charge is 0.347 e. The Morgan fingerprint density at radius 3 is 2.50 bits per heavy atom. The Morgan fingerprint density at radius 2 is 1.81 bits per heavy atom. The van der Waals surface area contributed by atoms with E-state index < -0.39 is 21.8 Å². The second kappa shape index (κ2) is 8.45. The molecule has 0 radical (unpaired) electrons. The number of hydrogen-bond acceptors (Lipinski definition) is 6. The molecule has 2 heterocycles. The number of fused-ring (bicyclic) bond motifs is 1. The Bertz CT molecular complexity index is 752. The van der Waals surface area contributed by atoms with Crippen molar-refractivity contribution in [2.75, 3.05) is 31.9 Å². The highest BCUT2D eigenvalue weighted by Gasteiger charge is 2.27. The first kappa shape index (κ1) is 19.2. The summed E-state index contributed by atoms with van der Waals surface area (Å²) in [5, 5.41) is 6.05. The second-order valence-electron chi connectivity index (χ2n) is 6.51. The molecule has 1 aromatic heterocycles. The summed E-state index contributed by atoms with van der Waals surface area (Å²) in [5.41, 5.74) is 1.19. The summed E-state index contributed by atoms with van der Waals surface area (Å²) in [5.74, 6) is -1.28. The van der Waals surface area contributed by atoms with Crippen molar-refractivity contribution in [3.63, 3.8) is 0 Å². The third-order valence-electron chi connectivity index (χ3n) is 4.57. The van der Waals surface area contributed by atoms with Crippen LogP contribution in [0.3, 0.4) is 0 Å². The number of carbonyl (C=O) groups excluding carboxylic acids is 2. The highest BCUT2D eigenvalue weighted by molar-refractivity contribution is 7.89. The SMILES string of the molecule is O=C(NCCc1nc2c(s1)CCCC2)C(=O)NCCN1CCCS1(=O)=O. The molecule has 1 aromatic rings. The zero-order valence-corrected chi connectivity index (χ0v) is 16.3. The lowest BCUT2D eigenvalue weighted by atomic mass is 10.0. The van der Waals surface area contributed by atoms with Crippen LogP contribution >= 0.6 is 11.3 Å². The van der Waals surface area contributed by atoms with Gasteiger partial charge in [0.05, 0.1) is 16.5 Å². The molecule has 0 unspecified atom stereocenters. The van der Waals surface area contributed by atoms with Gasteiger partial charge < -0.3 is 10.6 Å². The highest BCUT2D eigenvalue weighted by Crippen LogP contribution is 2.26. The standard InChI is InChI=1S/C16H24N4O4S2/c21-15(16(22)18-8-10-20-9-3-11-26(20,23)24)17-7-6-14-19-12-4-1-2-5-13(12)25-14/h1-11H2,(H,17,21)(H,18,22).